The predicted octanol–water partition coefficient (Wildman–Crippen LogP) is 3.80. The molecule has 3 nitrogen and oxygen atoms in total. The van der Waals surface area contributed by atoms with E-state index in [1.807, 2.05) is 13.0 Å². The summed E-state index contributed by atoms with van der Waals surface area (Å²) >= 11 is 3.19. The molecular formula is C13H12BrFN2O. The Morgan fingerprint density at radius 2 is 2.17 bits per heavy atom. The smallest absolute Gasteiger partial charge is 0.224 e. The second-order valence-corrected chi connectivity index (χ2v) is 4.78. The molecule has 1 atom stereocenters. The van der Waals surface area contributed by atoms with Crippen LogP contribution in [-0.4, -0.2) is 4.98 Å². The summed E-state index contributed by atoms with van der Waals surface area (Å²) in [6.07, 6.45) is 1.58. The van der Waals surface area contributed by atoms with Crippen molar-refractivity contribution < 1.29 is 9.13 Å². The number of nitrogens with zero attached hydrogens (tertiary/aromatic N) is 1. The van der Waals surface area contributed by atoms with Gasteiger partial charge in [-0.1, -0.05) is 22.0 Å². The van der Waals surface area contributed by atoms with Gasteiger partial charge in [0.25, 0.3) is 0 Å². The Balaban J connectivity index is 2.34. The highest BCUT2D eigenvalue weighted by Crippen LogP contribution is 2.29. The second kappa shape index (κ2) is 5.46. The van der Waals surface area contributed by atoms with Gasteiger partial charge in [-0.15, -0.1) is 0 Å². The average Bonchev–Trinajstić information content (AvgIpc) is 2.33. The molecule has 0 amide bonds. The summed E-state index contributed by atoms with van der Waals surface area (Å²) in [4.78, 5) is 4.08. The van der Waals surface area contributed by atoms with Gasteiger partial charge < -0.3 is 10.5 Å². The summed E-state index contributed by atoms with van der Waals surface area (Å²) in [6, 6.07) is 7.93. The maximum Gasteiger partial charge on any atom is 0.224 e. The van der Waals surface area contributed by atoms with Crippen molar-refractivity contribution in [3.8, 4) is 11.6 Å². The number of ether oxygens (including phenoxy) is 1. The molecule has 2 N–H and O–H groups in total. The van der Waals surface area contributed by atoms with E-state index in [4.69, 9.17) is 10.5 Å². The highest BCUT2D eigenvalue weighted by atomic mass is 79.9. The van der Waals surface area contributed by atoms with Gasteiger partial charge in [-0.3, -0.25) is 0 Å². The Labute approximate surface area is 113 Å². The highest BCUT2D eigenvalue weighted by molar-refractivity contribution is 9.10. The Morgan fingerprint density at radius 3 is 2.83 bits per heavy atom. The van der Waals surface area contributed by atoms with Gasteiger partial charge in [0, 0.05) is 22.3 Å². The first-order valence-corrected chi connectivity index (χ1v) is 6.20. The quantitative estimate of drug-likeness (QED) is 0.938. The molecule has 2 aromatic rings. The van der Waals surface area contributed by atoms with Gasteiger partial charge in [-0.05, 0) is 31.2 Å². The highest BCUT2D eigenvalue weighted by Gasteiger charge is 2.12. The predicted molar refractivity (Wildman–Crippen MR) is 71.0 cm³/mol. The van der Waals surface area contributed by atoms with Crippen LogP contribution in [0.25, 0.3) is 0 Å². The SMILES string of the molecule is C[C@H](N)c1cccnc1Oc1ccc(Br)cc1F. The average molecular weight is 311 g/mol. The Hall–Kier alpha value is -1.46. The molecule has 1 aromatic carbocycles. The van der Waals surface area contributed by atoms with Gasteiger partial charge in [-0.25, -0.2) is 9.37 Å². The Morgan fingerprint density at radius 1 is 1.39 bits per heavy atom. The number of hydrogen-bond acceptors (Lipinski definition) is 3. The third-order valence-corrected chi connectivity index (χ3v) is 2.88. The molecule has 0 bridgehead atoms. The van der Waals surface area contributed by atoms with Crippen molar-refractivity contribution in [2.75, 3.05) is 0 Å². The summed E-state index contributed by atoms with van der Waals surface area (Å²) in [5.41, 5.74) is 6.55. The monoisotopic (exact) mass is 310 g/mol. The van der Waals surface area contributed by atoms with E-state index in [-0.39, 0.29) is 11.8 Å². The molecule has 0 aliphatic carbocycles. The lowest BCUT2D eigenvalue weighted by atomic mass is 10.1. The van der Waals surface area contributed by atoms with E-state index in [1.165, 1.54) is 6.07 Å². The summed E-state index contributed by atoms with van der Waals surface area (Å²) in [5.74, 6) is -0.00169. The summed E-state index contributed by atoms with van der Waals surface area (Å²) in [6.45, 7) is 1.82. The van der Waals surface area contributed by atoms with Crippen LogP contribution in [0.1, 0.15) is 18.5 Å². The molecule has 0 aliphatic rings. The molecule has 0 spiro atoms. The molecule has 0 radical (unpaired) electrons. The van der Waals surface area contributed by atoms with Crippen LogP contribution >= 0.6 is 15.9 Å². The largest absolute Gasteiger partial charge is 0.436 e. The van der Waals surface area contributed by atoms with Crippen LogP contribution in [0, 0.1) is 5.82 Å². The van der Waals surface area contributed by atoms with Gasteiger partial charge in [0.15, 0.2) is 11.6 Å². The molecule has 18 heavy (non-hydrogen) atoms. The van der Waals surface area contributed by atoms with Crippen molar-refractivity contribution in [3.63, 3.8) is 0 Å². The number of benzene rings is 1. The number of rotatable bonds is 3. The van der Waals surface area contributed by atoms with Crippen molar-refractivity contribution >= 4 is 15.9 Å². The van der Waals surface area contributed by atoms with E-state index in [0.29, 0.717) is 10.4 Å². The zero-order valence-corrected chi connectivity index (χ0v) is 11.3. The molecule has 94 valence electrons. The lowest BCUT2D eigenvalue weighted by Gasteiger charge is -2.12. The first-order chi connectivity index (χ1) is 8.58. The van der Waals surface area contributed by atoms with E-state index in [2.05, 4.69) is 20.9 Å². The fourth-order valence-electron chi connectivity index (χ4n) is 1.50. The van der Waals surface area contributed by atoms with Gasteiger partial charge in [0.2, 0.25) is 5.88 Å². The van der Waals surface area contributed by atoms with E-state index < -0.39 is 5.82 Å². The number of aromatic nitrogens is 1. The van der Waals surface area contributed by atoms with Crippen molar-refractivity contribution in [3.05, 3.63) is 52.4 Å². The van der Waals surface area contributed by atoms with Gasteiger partial charge in [-0.2, -0.15) is 0 Å². The number of nitrogens with two attached hydrogens (primary N) is 1. The molecule has 1 heterocycles. The molecule has 1 aromatic heterocycles. The van der Waals surface area contributed by atoms with Crippen LogP contribution in [0.4, 0.5) is 4.39 Å². The van der Waals surface area contributed by atoms with Crippen LogP contribution in [0.3, 0.4) is 0 Å². The first-order valence-electron chi connectivity index (χ1n) is 5.41. The van der Waals surface area contributed by atoms with Crippen molar-refractivity contribution in [1.82, 2.24) is 4.98 Å². The molecule has 0 saturated heterocycles. The standard InChI is InChI=1S/C13H12BrFN2O/c1-8(16)10-3-2-6-17-13(10)18-12-5-4-9(14)7-11(12)15/h2-8H,16H2,1H3/t8-/m0/s1. The van der Waals surface area contributed by atoms with Crippen LogP contribution in [-0.2, 0) is 0 Å². The first kappa shape index (κ1) is 13.0. The molecule has 2 rings (SSSR count). The minimum absolute atomic E-state index is 0.124. The minimum Gasteiger partial charge on any atom is -0.436 e. The van der Waals surface area contributed by atoms with E-state index in [9.17, 15) is 4.39 Å². The molecule has 0 fully saturated rings. The van der Waals surface area contributed by atoms with E-state index in [1.54, 1.807) is 24.4 Å². The van der Waals surface area contributed by atoms with Crippen molar-refractivity contribution in [2.45, 2.75) is 13.0 Å². The fourth-order valence-corrected chi connectivity index (χ4v) is 1.83. The Kier molecular flexibility index (Phi) is 3.93. The lowest BCUT2D eigenvalue weighted by molar-refractivity contribution is 0.419. The lowest BCUT2D eigenvalue weighted by Crippen LogP contribution is -2.07. The van der Waals surface area contributed by atoms with Crippen molar-refractivity contribution in [2.24, 2.45) is 5.73 Å². The van der Waals surface area contributed by atoms with Crippen LogP contribution in [0.5, 0.6) is 11.6 Å². The van der Waals surface area contributed by atoms with E-state index >= 15 is 0 Å². The van der Waals surface area contributed by atoms with E-state index in [0.717, 1.165) is 5.56 Å². The molecule has 0 aliphatic heterocycles. The number of hydrogen-bond donors (Lipinski definition) is 1. The molecule has 0 saturated carbocycles. The fraction of sp³-hybridized carbons (Fsp3) is 0.154. The minimum atomic E-state index is -0.453. The molecule has 5 heteroatoms. The van der Waals surface area contributed by atoms with Crippen LogP contribution in [0.2, 0.25) is 0 Å². The molecule has 0 unspecified atom stereocenters. The zero-order valence-electron chi connectivity index (χ0n) is 9.73. The maximum absolute atomic E-state index is 13.7. The maximum atomic E-state index is 13.7. The number of pyridine rings is 1. The van der Waals surface area contributed by atoms with Gasteiger partial charge in [0.1, 0.15) is 0 Å². The molecular weight excluding hydrogens is 299 g/mol. The third-order valence-electron chi connectivity index (χ3n) is 2.39. The zero-order chi connectivity index (χ0) is 13.1. The number of halogens is 2. The van der Waals surface area contributed by atoms with Gasteiger partial charge >= 0.3 is 0 Å². The summed E-state index contributed by atoms with van der Waals surface area (Å²) in [7, 11) is 0. The second-order valence-electron chi connectivity index (χ2n) is 3.86. The van der Waals surface area contributed by atoms with Gasteiger partial charge in [0.05, 0.1) is 0 Å². The van der Waals surface area contributed by atoms with Crippen LogP contribution in [0.15, 0.2) is 41.0 Å². The van der Waals surface area contributed by atoms with Crippen LogP contribution < -0.4 is 10.5 Å². The summed E-state index contributed by atoms with van der Waals surface area (Å²) < 4.78 is 19.8. The topological polar surface area (TPSA) is 48.1 Å². The Bertz CT molecular complexity index is 560. The third kappa shape index (κ3) is 2.86. The normalized spacial score (nSPS) is 12.2. The van der Waals surface area contributed by atoms with Crippen molar-refractivity contribution in [1.29, 1.82) is 0 Å². The summed E-state index contributed by atoms with van der Waals surface area (Å²) in [5, 5.41) is 0.